The van der Waals surface area contributed by atoms with Crippen LogP contribution >= 0.6 is 0 Å². The van der Waals surface area contributed by atoms with Crippen LogP contribution in [-0.4, -0.2) is 14.2 Å². The number of rotatable bonds is 6. The first kappa shape index (κ1) is 15.3. The van der Waals surface area contributed by atoms with E-state index in [0.29, 0.717) is 11.5 Å². The van der Waals surface area contributed by atoms with Crippen molar-refractivity contribution in [1.29, 1.82) is 0 Å². The van der Waals surface area contributed by atoms with Gasteiger partial charge in [-0.25, -0.2) is 4.39 Å². The fourth-order valence-corrected chi connectivity index (χ4v) is 2.22. The minimum atomic E-state index is -0.220. The van der Waals surface area contributed by atoms with Gasteiger partial charge in [0.1, 0.15) is 5.82 Å². The molecule has 0 heterocycles. The van der Waals surface area contributed by atoms with Crippen LogP contribution in [0.5, 0.6) is 11.5 Å². The molecule has 0 aromatic heterocycles. The Bertz CT molecular complexity index is 584. The molecule has 0 bridgehead atoms. The molecule has 1 unspecified atom stereocenters. The summed E-state index contributed by atoms with van der Waals surface area (Å²) in [6.07, 6.45) is 1.58. The van der Waals surface area contributed by atoms with Crippen molar-refractivity contribution in [2.75, 3.05) is 14.2 Å². The third-order valence-corrected chi connectivity index (χ3v) is 3.49. The third-order valence-electron chi connectivity index (χ3n) is 3.49. The van der Waals surface area contributed by atoms with Gasteiger partial charge < -0.3 is 15.2 Å². The van der Waals surface area contributed by atoms with Crippen molar-refractivity contribution in [3.8, 4) is 11.5 Å². The van der Waals surface area contributed by atoms with E-state index in [-0.39, 0.29) is 11.9 Å². The van der Waals surface area contributed by atoms with Crippen molar-refractivity contribution in [3.05, 3.63) is 59.4 Å². The Morgan fingerprint density at radius 1 is 1.00 bits per heavy atom. The molecule has 0 aliphatic rings. The zero-order chi connectivity index (χ0) is 15.2. The van der Waals surface area contributed by atoms with Crippen molar-refractivity contribution in [2.45, 2.75) is 18.9 Å². The van der Waals surface area contributed by atoms with Gasteiger partial charge >= 0.3 is 0 Å². The Morgan fingerprint density at radius 2 is 1.67 bits per heavy atom. The molecule has 1 atom stereocenters. The van der Waals surface area contributed by atoms with E-state index in [1.807, 2.05) is 18.2 Å². The van der Waals surface area contributed by atoms with E-state index in [4.69, 9.17) is 15.2 Å². The molecule has 0 aliphatic heterocycles. The Hall–Kier alpha value is -2.07. The second kappa shape index (κ2) is 7.09. The van der Waals surface area contributed by atoms with Gasteiger partial charge in [-0.1, -0.05) is 18.2 Å². The van der Waals surface area contributed by atoms with Gasteiger partial charge in [-0.3, -0.25) is 0 Å². The van der Waals surface area contributed by atoms with E-state index in [9.17, 15) is 4.39 Å². The molecule has 2 aromatic rings. The molecule has 0 aliphatic carbocycles. The van der Waals surface area contributed by atoms with Gasteiger partial charge in [-0.05, 0) is 48.2 Å². The zero-order valence-corrected chi connectivity index (χ0v) is 12.3. The van der Waals surface area contributed by atoms with E-state index in [1.165, 1.54) is 12.1 Å². The molecule has 0 radical (unpaired) electrons. The topological polar surface area (TPSA) is 44.5 Å². The summed E-state index contributed by atoms with van der Waals surface area (Å²) in [5.74, 6) is 1.14. The number of nitrogens with two attached hydrogens (primary N) is 1. The maximum Gasteiger partial charge on any atom is 0.161 e. The van der Waals surface area contributed by atoms with E-state index in [0.717, 1.165) is 24.0 Å². The molecule has 4 heteroatoms. The number of hydrogen-bond donors (Lipinski definition) is 1. The number of halogens is 1. The Morgan fingerprint density at radius 3 is 2.29 bits per heavy atom. The van der Waals surface area contributed by atoms with Crippen LogP contribution in [0.2, 0.25) is 0 Å². The number of benzene rings is 2. The fourth-order valence-electron chi connectivity index (χ4n) is 2.22. The van der Waals surface area contributed by atoms with Gasteiger partial charge in [0.25, 0.3) is 0 Å². The van der Waals surface area contributed by atoms with Crippen LogP contribution in [0.15, 0.2) is 42.5 Å². The van der Waals surface area contributed by atoms with Gasteiger partial charge in [0.15, 0.2) is 11.5 Å². The van der Waals surface area contributed by atoms with Crippen LogP contribution in [0.25, 0.3) is 0 Å². The maximum absolute atomic E-state index is 12.9. The smallest absolute Gasteiger partial charge is 0.161 e. The molecular weight excluding hydrogens is 269 g/mol. The van der Waals surface area contributed by atoms with Crippen LogP contribution in [0.1, 0.15) is 23.6 Å². The molecule has 2 N–H and O–H groups in total. The zero-order valence-electron chi connectivity index (χ0n) is 12.3. The lowest BCUT2D eigenvalue weighted by atomic mass is 9.99. The SMILES string of the molecule is COc1ccc(C(N)CCc2ccc(F)cc2)cc1OC. The van der Waals surface area contributed by atoms with Crippen LogP contribution in [0.4, 0.5) is 4.39 Å². The van der Waals surface area contributed by atoms with Gasteiger partial charge in [0.2, 0.25) is 0 Å². The van der Waals surface area contributed by atoms with Crippen molar-refractivity contribution >= 4 is 0 Å². The Labute approximate surface area is 124 Å². The molecule has 112 valence electrons. The van der Waals surface area contributed by atoms with E-state index < -0.39 is 0 Å². The maximum atomic E-state index is 12.9. The number of hydrogen-bond acceptors (Lipinski definition) is 3. The molecule has 0 fully saturated rings. The summed E-state index contributed by atoms with van der Waals surface area (Å²) < 4.78 is 23.3. The number of aryl methyl sites for hydroxylation is 1. The molecule has 0 saturated carbocycles. The quantitative estimate of drug-likeness (QED) is 0.885. The highest BCUT2D eigenvalue weighted by molar-refractivity contribution is 5.43. The second-order valence-electron chi connectivity index (χ2n) is 4.89. The van der Waals surface area contributed by atoms with E-state index >= 15 is 0 Å². The van der Waals surface area contributed by atoms with Gasteiger partial charge in [0.05, 0.1) is 14.2 Å². The standard InChI is InChI=1S/C17H20FNO2/c1-20-16-10-6-13(11-17(16)21-2)15(19)9-5-12-3-7-14(18)8-4-12/h3-4,6-8,10-11,15H,5,9,19H2,1-2H3. The summed E-state index contributed by atoms with van der Waals surface area (Å²) in [4.78, 5) is 0. The normalized spacial score (nSPS) is 12.0. The first-order chi connectivity index (χ1) is 10.1. The first-order valence-electron chi connectivity index (χ1n) is 6.86. The lowest BCUT2D eigenvalue weighted by molar-refractivity contribution is 0.354. The lowest BCUT2D eigenvalue weighted by Crippen LogP contribution is -2.11. The highest BCUT2D eigenvalue weighted by atomic mass is 19.1. The second-order valence-corrected chi connectivity index (χ2v) is 4.89. The molecule has 2 aromatic carbocycles. The molecule has 21 heavy (non-hydrogen) atoms. The average molecular weight is 289 g/mol. The highest BCUT2D eigenvalue weighted by Crippen LogP contribution is 2.30. The summed E-state index contributed by atoms with van der Waals surface area (Å²) in [6.45, 7) is 0. The summed E-state index contributed by atoms with van der Waals surface area (Å²) in [6, 6.07) is 12.1. The lowest BCUT2D eigenvalue weighted by Gasteiger charge is -2.15. The fraction of sp³-hybridized carbons (Fsp3) is 0.294. The van der Waals surface area contributed by atoms with E-state index in [1.54, 1.807) is 26.4 Å². The minimum Gasteiger partial charge on any atom is -0.493 e. The summed E-state index contributed by atoms with van der Waals surface area (Å²) >= 11 is 0. The molecule has 0 spiro atoms. The average Bonchev–Trinajstić information content (AvgIpc) is 2.53. The Balaban J connectivity index is 2.02. The van der Waals surface area contributed by atoms with Crippen LogP contribution < -0.4 is 15.2 Å². The van der Waals surface area contributed by atoms with Gasteiger partial charge in [0, 0.05) is 6.04 Å². The minimum absolute atomic E-state index is 0.102. The Kier molecular flexibility index (Phi) is 5.17. The summed E-state index contributed by atoms with van der Waals surface area (Å²) in [5, 5.41) is 0. The summed E-state index contributed by atoms with van der Waals surface area (Å²) in [7, 11) is 3.21. The van der Waals surface area contributed by atoms with Gasteiger partial charge in [-0.2, -0.15) is 0 Å². The van der Waals surface area contributed by atoms with Crippen molar-refractivity contribution in [3.63, 3.8) is 0 Å². The summed E-state index contributed by atoms with van der Waals surface area (Å²) in [5.41, 5.74) is 8.29. The van der Waals surface area contributed by atoms with Crippen molar-refractivity contribution in [2.24, 2.45) is 5.73 Å². The third kappa shape index (κ3) is 3.95. The van der Waals surface area contributed by atoms with Crippen LogP contribution in [0, 0.1) is 5.82 Å². The molecule has 2 rings (SSSR count). The predicted molar refractivity (Wildman–Crippen MR) is 81.2 cm³/mol. The van der Waals surface area contributed by atoms with Crippen molar-refractivity contribution < 1.29 is 13.9 Å². The largest absolute Gasteiger partial charge is 0.493 e. The van der Waals surface area contributed by atoms with Gasteiger partial charge in [-0.15, -0.1) is 0 Å². The molecule has 3 nitrogen and oxygen atoms in total. The highest BCUT2D eigenvalue weighted by Gasteiger charge is 2.10. The van der Waals surface area contributed by atoms with Crippen LogP contribution in [0.3, 0.4) is 0 Å². The van der Waals surface area contributed by atoms with E-state index in [2.05, 4.69) is 0 Å². The molecule has 0 amide bonds. The predicted octanol–water partition coefficient (Wildman–Crippen LogP) is 3.48. The van der Waals surface area contributed by atoms with Crippen LogP contribution in [-0.2, 0) is 6.42 Å². The molecular formula is C17H20FNO2. The number of ether oxygens (including phenoxy) is 2. The van der Waals surface area contributed by atoms with Crippen molar-refractivity contribution in [1.82, 2.24) is 0 Å². The monoisotopic (exact) mass is 289 g/mol. The first-order valence-corrected chi connectivity index (χ1v) is 6.86. The molecule has 0 saturated heterocycles. The number of methoxy groups -OCH3 is 2.